The van der Waals surface area contributed by atoms with Crippen LogP contribution in [0.25, 0.3) is 0 Å². The zero-order chi connectivity index (χ0) is 12.7. The molecule has 1 aromatic rings. The number of hydrogen-bond acceptors (Lipinski definition) is 6. The number of aromatic nitrogens is 3. The number of nitrogens with zero attached hydrogens (tertiary/aromatic N) is 4. The first kappa shape index (κ1) is 14.0. The van der Waals surface area contributed by atoms with E-state index in [9.17, 15) is 0 Å². The average Bonchev–Trinajstić information content (AvgIpc) is 2.33. The summed E-state index contributed by atoms with van der Waals surface area (Å²) in [6.45, 7) is 5.15. The standard InChI is InChI=1S/C11H21N5S/c1-5-7-12-9-13-10(16(3)4)15-11(14-9)17-8-6-2/h5-8H2,1-4H3,(H,12,13,14,15). The summed E-state index contributed by atoms with van der Waals surface area (Å²) < 4.78 is 0. The molecule has 17 heavy (non-hydrogen) atoms. The lowest BCUT2D eigenvalue weighted by Crippen LogP contribution is -2.16. The highest BCUT2D eigenvalue weighted by atomic mass is 32.2. The lowest BCUT2D eigenvalue weighted by atomic mass is 10.5. The average molecular weight is 255 g/mol. The zero-order valence-electron chi connectivity index (χ0n) is 11.0. The fourth-order valence-corrected chi connectivity index (χ4v) is 1.80. The molecule has 0 radical (unpaired) electrons. The zero-order valence-corrected chi connectivity index (χ0v) is 11.8. The molecule has 0 aromatic carbocycles. The normalized spacial score (nSPS) is 10.4. The minimum atomic E-state index is 0.671. The summed E-state index contributed by atoms with van der Waals surface area (Å²) in [6.07, 6.45) is 2.17. The molecule has 1 rings (SSSR count). The molecule has 1 aromatic heterocycles. The van der Waals surface area contributed by atoms with Crippen molar-refractivity contribution in [3.05, 3.63) is 0 Å². The quantitative estimate of drug-likeness (QED) is 0.754. The summed E-state index contributed by atoms with van der Waals surface area (Å²) >= 11 is 1.67. The van der Waals surface area contributed by atoms with Crippen LogP contribution in [0, 0.1) is 0 Å². The molecule has 0 fully saturated rings. The van der Waals surface area contributed by atoms with Crippen molar-refractivity contribution in [2.45, 2.75) is 31.8 Å². The van der Waals surface area contributed by atoms with E-state index in [1.54, 1.807) is 11.8 Å². The Balaban J connectivity index is 2.84. The van der Waals surface area contributed by atoms with E-state index < -0.39 is 0 Å². The van der Waals surface area contributed by atoms with E-state index >= 15 is 0 Å². The minimum absolute atomic E-state index is 0.671. The van der Waals surface area contributed by atoms with Gasteiger partial charge in [0, 0.05) is 26.4 Å². The van der Waals surface area contributed by atoms with Crippen LogP contribution in [0.4, 0.5) is 11.9 Å². The summed E-state index contributed by atoms with van der Waals surface area (Å²) in [7, 11) is 3.88. The predicted molar refractivity (Wildman–Crippen MR) is 73.9 cm³/mol. The van der Waals surface area contributed by atoms with Crippen LogP contribution in [0.3, 0.4) is 0 Å². The van der Waals surface area contributed by atoms with Gasteiger partial charge in [0.25, 0.3) is 0 Å². The molecule has 0 saturated heterocycles. The Labute approximate surface area is 107 Å². The van der Waals surface area contributed by atoms with Crippen molar-refractivity contribution in [1.82, 2.24) is 15.0 Å². The molecule has 96 valence electrons. The molecular formula is C11H21N5S. The van der Waals surface area contributed by atoms with Crippen LogP contribution in [0.5, 0.6) is 0 Å². The summed E-state index contributed by atoms with van der Waals surface area (Å²) in [6, 6.07) is 0. The molecule has 0 aliphatic rings. The summed E-state index contributed by atoms with van der Waals surface area (Å²) in [5.74, 6) is 2.41. The van der Waals surface area contributed by atoms with Gasteiger partial charge in [-0.25, -0.2) is 0 Å². The van der Waals surface area contributed by atoms with Crippen molar-refractivity contribution in [2.75, 3.05) is 36.6 Å². The lowest BCUT2D eigenvalue weighted by Gasteiger charge is -2.12. The lowest BCUT2D eigenvalue weighted by molar-refractivity contribution is 0.851. The third kappa shape index (κ3) is 4.77. The molecule has 0 aliphatic carbocycles. The first-order valence-electron chi connectivity index (χ1n) is 5.97. The van der Waals surface area contributed by atoms with Gasteiger partial charge in [-0.2, -0.15) is 15.0 Å². The molecule has 0 bridgehead atoms. The van der Waals surface area contributed by atoms with E-state index in [0.29, 0.717) is 11.9 Å². The summed E-state index contributed by atoms with van der Waals surface area (Å²) in [4.78, 5) is 15.1. The van der Waals surface area contributed by atoms with Gasteiger partial charge in [0.15, 0.2) is 5.16 Å². The van der Waals surface area contributed by atoms with Gasteiger partial charge in [0.1, 0.15) is 0 Å². The highest BCUT2D eigenvalue weighted by Gasteiger charge is 2.07. The SMILES string of the molecule is CCCNc1nc(SCCC)nc(N(C)C)n1. The maximum Gasteiger partial charge on any atom is 0.230 e. The van der Waals surface area contributed by atoms with Crippen LogP contribution >= 0.6 is 11.8 Å². The Kier molecular flexibility index (Phi) is 6.04. The first-order chi connectivity index (χ1) is 8.17. The summed E-state index contributed by atoms with van der Waals surface area (Å²) in [5, 5.41) is 4.00. The Morgan fingerprint density at radius 3 is 2.47 bits per heavy atom. The molecule has 0 spiro atoms. The number of rotatable bonds is 7. The molecule has 0 aliphatic heterocycles. The van der Waals surface area contributed by atoms with Crippen molar-refractivity contribution in [3.63, 3.8) is 0 Å². The number of nitrogens with one attached hydrogen (secondary N) is 1. The van der Waals surface area contributed by atoms with Crippen LogP contribution < -0.4 is 10.2 Å². The maximum absolute atomic E-state index is 4.41. The van der Waals surface area contributed by atoms with Gasteiger partial charge < -0.3 is 10.2 Å². The molecule has 6 heteroatoms. The van der Waals surface area contributed by atoms with Crippen LogP contribution in [0.1, 0.15) is 26.7 Å². The van der Waals surface area contributed by atoms with Gasteiger partial charge in [0.2, 0.25) is 11.9 Å². The van der Waals surface area contributed by atoms with E-state index in [1.165, 1.54) is 0 Å². The Bertz CT molecular complexity index is 316. The van der Waals surface area contributed by atoms with E-state index in [-0.39, 0.29) is 0 Å². The van der Waals surface area contributed by atoms with Gasteiger partial charge in [0.05, 0.1) is 0 Å². The largest absolute Gasteiger partial charge is 0.354 e. The van der Waals surface area contributed by atoms with Gasteiger partial charge in [-0.3, -0.25) is 0 Å². The van der Waals surface area contributed by atoms with Crippen molar-refractivity contribution in [3.8, 4) is 0 Å². The monoisotopic (exact) mass is 255 g/mol. The Hall–Kier alpha value is -1.04. The van der Waals surface area contributed by atoms with Gasteiger partial charge in [-0.1, -0.05) is 25.6 Å². The number of thioether (sulfide) groups is 1. The predicted octanol–water partition coefficient (Wildman–Crippen LogP) is 2.26. The molecule has 0 unspecified atom stereocenters. The van der Waals surface area contributed by atoms with Crippen LogP contribution in [-0.2, 0) is 0 Å². The maximum atomic E-state index is 4.41. The van der Waals surface area contributed by atoms with Gasteiger partial charge >= 0.3 is 0 Å². The van der Waals surface area contributed by atoms with Gasteiger partial charge in [-0.05, 0) is 12.8 Å². The fourth-order valence-electron chi connectivity index (χ4n) is 1.12. The van der Waals surface area contributed by atoms with Crippen molar-refractivity contribution >= 4 is 23.7 Å². The molecular weight excluding hydrogens is 234 g/mol. The van der Waals surface area contributed by atoms with Gasteiger partial charge in [-0.15, -0.1) is 0 Å². The molecule has 1 heterocycles. The van der Waals surface area contributed by atoms with Crippen LogP contribution in [-0.4, -0.2) is 41.3 Å². The first-order valence-corrected chi connectivity index (χ1v) is 6.96. The molecule has 0 amide bonds. The fraction of sp³-hybridized carbons (Fsp3) is 0.727. The number of hydrogen-bond donors (Lipinski definition) is 1. The van der Waals surface area contributed by atoms with E-state index in [2.05, 4.69) is 34.1 Å². The van der Waals surface area contributed by atoms with Crippen LogP contribution in [0.15, 0.2) is 5.16 Å². The Morgan fingerprint density at radius 1 is 1.12 bits per heavy atom. The highest BCUT2D eigenvalue weighted by Crippen LogP contribution is 2.18. The van der Waals surface area contributed by atoms with E-state index in [1.807, 2.05) is 19.0 Å². The van der Waals surface area contributed by atoms with E-state index in [4.69, 9.17) is 0 Å². The minimum Gasteiger partial charge on any atom is -0.354 e. The smallest absolute Gasteiger partial charge is 0.230 e. The number of anilines is 2. The Morgan fingerprint density at radius 2 is 1.88 bits per heavy atom. The highest BCUT2D eigenvalue weighted by molar-refractivity contribution is 7.99. The second-order valence-electron chi connectivity index (χ2n) is 3.91. The molecule has 5 nitrogen and oxygen atoms in total. The van der Waals surface area contributed by atoms with Crippen molar-refractivity contribution in [2.24, 2.45) is 0 Å². The third-order valence-corrected chi connectivity index (χ3v) is 3.02. The topological polar surface area (TPSA) is 53.9 Å². The summed E-state index contributed by atoms with van der Waals surface area (Å²) in [5.41, 5.74) is 0. The second kappa shape index (κ2) is 7.32. The van der Waals surface area contributed by atoms with Crippen LogP contribution in [0.2, 0.25) is 0 Å². The van der Waals surface area contributed by atoms with Crippen molar-refractivity contribution in [1.29, 1.82) is 0 Å². The molecule has 0 saturated carbocycles. The van der Waals surface area contributed by atoms with E-state index in [0.717, 1.165) is 30.3 Å². The van der Waals surface area contributed by atoms with Crippen molar-refractivity contribution < 1.29 is 0 Å². The molecule has 1 N–H and O–H groups in total. The molecule has 0 atom stereocenters. The third-order valence-electron chi connectivity index (χ3n) is 1.97. The second-order valence-corrected chi connectivity index (χ2v) is 4.97.